The lowest BCUT2D eigenvalue weighted by Gasteiger charge is -2.50. The summed E-state index contributed by atoms with van der Waals surface area (Å²) in [6.45, 7) is 2.63. The van der Waals surface area contributed by atoms with E-state index in [-0.39, 0.29) is 50.5 Å². The number of β-lactam (4-membered cyclic amide) rings is 1. The fourth-order valence-corrected chi connectivity index (χ4v) is 9.98. The average Bonchev–Trinajstić information content (AvgIpc) is 3.87. The third-order valence-electron chi connectivity index (χ3n) is 10.5. The van der Waals surface area contributed by atoms with Crippen LogP contribution in [0.4, 0.5) is 5.13 Å². The van der Waals surface area contributed by atoms with E-state index in [1.807, 2.05) is 0 Å². The molecule has 304 valence electrons. The van der Waals surface area contributed by atoms with Crippen LogP contribution in [0.3, 0.4) is 0 Å². The second-order valence-corrected chi connectivity index (χ2v) is 16.5. The Hall–Kier alpha value is -5.45. The molecule has 8 N–H and O–H groups in total. The average molecular weight is 851 g/mol. The van der Waals surface area contributed by atoms with Gasteiger partial charge in [-0.2, -0.15) is 0 Å². The predicted molar refractivity (Wildman–Crippen MR) is 201 cm³/mol. The molecule has 0 saturated carbocycles. The van der Waals surface area contributed by atoms with Crippen molar-refractivity contribution in [3.63, 3.8) is 0 Å². The topological polar surface area (TPSA) is 301 Å². The third kappa shape index (κ3) is 8.20. The first-order valence-corrected chi connectivity index (χ1v) is 19.6. The number of quaternary nitrogens is 1. The van der Waals surface area contributed by atoms with Crippen LogP contribution in [0.5, 0.6) is 11.5 Å². The molecular formula is C34H37ClN7O13S2+. The van der Waals surface area contributed by atoms with Gasteiger partial charge in [-0.15, -0.1) is 23.1 Å². The van der Waals surface area contributed by atoms with E-state index in [1.54, 1.807) is 0 Å². The summed E-state index contributed by atoms with van der Waals surface area (Å²) in [6, 6.07) is 2.50. The molecule has 0 spiro atoms. The highest BCUT2D eigenvalue weighted by Gasteiger charge is 2.58. The number of halogens is 1. The van der Waals surface area contributed by atoms with Crippen molar-refractivity contribution in [3.8, 4) is 11.5 Å². The van der Waals surface area contributed by atoms with Gasteiger partial charge in [0.25, 0.3) is 5.91 Å². The number of piperidine rings is 1. The van der Waals surface area contributed by atoms with Crippen LogP contribution in [-0.2, 0) is 38.4 Å². The van der Waals surface area contributed by atoms with Crippen molar-refractivity contribution < 1.29 is 68.5 Å². The molecule has 5 heterocycles. The quantitative estimate of drug-likeness (QED) is 0.0385. The zero-order valence-electron chi connectivity index (χ0n) is 30.0. The van der Waals surface area contributed by atoms with Crippen LogP contribution in [0, 0.1) is 11.3 Å². The van der Waals surface area contributed by atoms with E-state index in [1.165, 1.54) is 41.3 Å². The Balaban J connectivity index is 1.13. The number of phenolic OH excluding ortho intramolecular Hbond substituents is 2. The number of carbonyl (C=O) groups is 6. The van der Waals surface area contributed by atoms with Crippen LogP contribution in [0.1, 0.15) is 36.9 Å². The van der Waals surface area contributed by atoms with Crippen LogP contribution >= 0.6 is 34.7 Å². The first-order valence-electron chi connectivity index (χ1n) is 17.3. The number of carboxylic acid groups (broad SMARTS) is 3. The van der Waals surface area contributed by atoms with E-state index in [0.717, 1.165) is 24.2 Å². The van der Waals surface area contributed by atoms with E-state index in [9.17, 15) is 49.2 Å². The van der Waals surface area contributed by atoms with E-state index < -0.39 is 83.0 Å². The molecule has 0 unspecified atom stereocenters. The number of Topliss-reactive ketones (excluding diaryl/α,β-unsaturated/α-hetero) is 1. The number of aliphatic carboxylic acids is 3. The van der Waals surface area contributed by atoms with Gasteiger partial charge < -0.3 is 50.7 Å². The summed E-state index contributed by atoms with van der Waals surface area (Å²) in [5, 5.41) is 59.4. The highest BCUT2D eigenvalue weighted by Crippen LogP contribution is 2.49. The first kappa shape index (κ1) is 41.2. The standard InChI is InChI=1S/C34H36ClN7O13S2/c1-54-39-24(16-2-3-19(43)27(47)23(16)35)28(48)37-13-34-4-6-42(14-34,7-5-34)10-15-11-56-30-17(29(49)41(30)26(15)32(52)53)8-20(44)25(18-12-57-33(36)38-18)40-55-21(31(50)51)9-22(45)46/h2-3,12,17,21,30H,4-11,13-14H2,1H3,(H7-,36,37,38,39,40,43,44,45,46,47,48,50,51,52,53)/p+1/t17-,21+,30-,34?,42?/m1/s1. The normalized spacial score (nSPS) is 24.7. The van der Waals surface area contributed by atoms with Gasteiger partial charge >= 0.3 is 17.9 Å². The lowest BCUT2D eigenvalue weighted by atomic mass is 9.84. The fourth-order valence-electron chi connectivity index (χ4n) is 7.78. The number of anilines is 1. The monoisotopic (exact) mass is 850 g/mol. The molecule has 20 nitrogen and oxygen atoms in total. The summed E-state index contributed by atoms with van der Waals surface area (Å²) in [5.41, 5.74) is 5.13. The van der Waals surface area contributed by atoms with Gasteiger partial charge in [-0.3, -0.25) is 24.1 Å². The molecule has 1 aromatic heterocycles. The SMILES string of the molecule is CO/N=C(\C(=O)NCC12CC[N+](CC3=C(C(=O)O)N4C(=O)[C@@H](CC(=O)/C(=N\O[C@@H](CC(=O)O)C(=O)O)c5csc(N)n5)[C@H]4SC3)(CC1)C2)c1ccc(O)c(O)c1Cl. The van der Waals surface area contributed by atoms with Gasteiger partial charge in [-0.1, -0.05) is 21.9 Å². The van der Waals surface area contributed by atoms with Gasteiger partial charge in [0.1, 0.15) is 25.0 Å². The van der Waals surface area contributed by atoms with Gasteiger partial charge in [-0.25, -0.2) is 14.6 Å². The number of amides is 2. The maximum atomic E-state index is 13.6. The Bertz CT molecular complexity index is 2130. The number of thiazole rings is 1. The molecule has 4 aliphatic rings. The summed E-state index contributed by atoms with van der Waals surface area (Å²) >= 11 is 8.45. The van der Waals surface area contributed by atoms with Gasteiger partial charge in [0.05, 0.1) is 42.4 Å². The molecule has 4 aliphatic heterocycles. The number of rotatable bonds is 17. The van der Waals surface area contributed by atoms with E-state index in [0.29, 0.717) is 36.2 Å². The van der Waals surface area contributed by atoms with Crippen molar-refractivity contribution in [1.29, 1.82) is 0 Å². The van der Waals surface area contributed by atoms with Crippen molar-refractivity contribution in [2.75, 3.05) is 51.3 Å². The summed E-state index contributed by atoms with van der Waals surface area (Å²) in [4.78, 5) is 90.8. The number of hydrogen-bond donors (Lipinski definition) is 7. The molecule has 0 aliphatic carbocycles. The van der Waals surface area contributed by atoms with Crippen molar-refractivity contribution >= 4 is 86.8 Å². The Morgan fingerprint density at radius 1 is 1.14 bits per heavy atom. The number of benzene rings is 1. The largest absolute Gasteiger partial charge is 0.504 e. The number of ketones is 1. The molecule has 3 atom stereocenters. The summed E-state index contributed by atoms with van der Waals surface area (Å²) in [5.74, 6) is -8.16. The summed E-state index contributed by atoms with van der Waals surface area (Å²) in [6.07, 6.45) is -1.87. The van der Waals surface area contributed by atoms with E-state index >= 15 is 0 Å². The first-order chi connectivity index (χ1) is 27.0. The molecule has 2 aromatic rings. The number of hydrogen-bond acceptors (Lipinski definition) is 16. The molecule has 2 amide bonds. The van der Waals surface area contributed by atoms with Gasteiger partial charge in [0.2, 0.25) is 12.0 Å². The van der Waals surface area contributed by atoms with Crippen LogP contribution in [-0.4, -0.2) is 144 Å². The Morgan fingerprint density at radius 2 is 1.86 bits per heavy atom. The van der Waals surface area contributed by atoms with Crippen LogP contribution < -0.4 is 11.1 Å². The van der Waals surface area contributed by atoms with Crippen LogP contribution in [0.2, 0.25) is 5.02 Å². The highest BCUT2D eigenvalue weighted by atomic mass is 35.5. The van der Waals surface area contributed by atoms with Crippen molar-refractivity contribution in [1.82, 2.24) is 15.2 Å². The van der Waals surface area contributed by atoms with Crippen molar-refractivity contribution in [2.24, 2.45) is 21.6 Å². The fraction of sp³-hybridized carbons (Fsp3) is 0.441. The zero-order chi connectivity index (χ0) is 41.4. The number of carboxylic acids is 3. The van der Waals surface area contributed by atoms with Gasteiger partial charge in [0.15, 0.2) is 33.8 Å². The molecule has 3 saturated heterocycles. The Labute approximate surface area is 336 Å². The number of fused-ring (bicyclic) bond motifs is 3. The molecule has 57 heavy (non-hydrogen) atoms. The number of aromatic nitrogens is 1. The number of thioether (sulfide) groups is 1. The summed E-state index contributed by atoms with van der Waals surface area (Å²) in [7, 11) is 1.25. The van der Waals surface area contributed by atoms with Crippen molar-refractivity contribution in [2.45, 2.75) is 37.2 Å². The van der Waals surface area contributed by atoms with Gasteiger partial charge in [0, 0.05) is 53.5 Å². The van der Waals surface area contributed by atoms with Gasteiger partial charge in [-0.05, 0) is 12.1 Å². The second kappa shape index (κ2) is 16.2. The number of aromatic hydroxyl groups is 2. The van der Waals surface area contributed by atoms with Crippen LogP contribution in [0.15, 0.2) is 39.1 Å². The third-order valence-corrected chi connectivity index (χ3v) is 13.0. The number of nitrogens with one attached hydrogen (secondary N) is 1. The van der Waals surface area contributed by atoms with E-state index in [4.69, 9.17) is 32.1 Å². The molecule has 23 heteroatoms. The van der Waals surface area contributed by atoms with Crippen molar-refractivity contribution in [3.05, 3.63) is 45.1 Å². The lowest BCUT2D eigenvalue weighted by Crippen LogP contribution is -2.62. The second-order valence-electron chi connectivity index (χ2n) is 14.1. The predicted octanol–water partition coefficient (Wildman–Crippen LogP) is 1.05. The van der Waals surface area contributed by atoms with E-state index in [2.05, 4.69) is 20.6 Å². The summed E-state index contributed by atoms with van der Waals surface area (Å²) < 4.78 is 0.545. The smallest absolute Gasteiger partial charge is 0.352 e. The number of nitrogens with two attached hydrogens (primary N) is 1. The minimum atomic E-state index is -1.92. The number of carbonyl (C=O) groups excluding carboxylic acids is 3. The number of nitrogens with zero attached hydrogens (tertiary/aromatic N) is 5. The minimum absolute atomic E-state index is 0.0503. The highest BCUT2D eigenvalue weighted by molar-refractivity contribution is 8.00. The molecular weight excluding hydrogens is 814 g/mol. The Kier molecular flexibility index (Phi) is 11.7. The maximum absolute atomic E-state index is 13.6. The number of nitrogen functional groups attached to an aromatic ring is 1. The lowest BCUT2D eigenvalue weighted by molar-refractivity contribution is -0.904. The number of oxime groups is 2. The molecule has 6 rings (SSSR count). The molecule has 2 bridgehead atoms. The Morgan fingerprint density at radius 3 is 2.47 bits per heavy atom. The molecule has 1 aromatic carbocycles. The molecule has 3 fully saturated rings. The zero-order valence-corrected chi connectivity index (χ0v) is 32.4. The minimum Gasteiger partial charge on any atom is -0.504 e. The number of phenols is 2. The maximum Gasteiger partial charge on any atom is 0.352 e. The molecule has 0 radical (unpaired) electrons. The van der Waals surface area contributed by atoms with Crippen LogP contribution in [0.25, 0.3) is 0 Å².